The van der Waals surface area contributed by atoms with E-state index in [2.05, 4.69) is 20.3 Å². The number of carbonyl (C=O) groups is 2. The van der Waals surface area contributed by atoms with E-state index < -0.39 is 12.2 Å². The number of likely N-dealkylation sites (tertiary alicyclic amines) is 1. The molecule has 4 rings (SSSR count). The number of hydrogen-bond acceptors (Lipinski definition) is 8. The number of aliphatic hydroxyl groups is 1. The van der Waals surface area contributed by atoms with Gasteiger partial charge in [-0.15, -0.1) is 10.2 Å². The number of piperidine rings is 1. The number of aryl methyl sites for hydroxylation is 1. The molecule has 2 aliphatic rings. The van der Waals surface area contributed by atoms with Crippen LogP contribution in [0.15, 0.2) is 35.7 Å². The van der Waals surface area contributed by atoms with Crippen molar-refractivity contribution in [2.45, 2.75) is 75.2 Å². The molecule has 0 radical (unpaired) electrons. The van der Waals surface area contributed by atoms with Crippen molar-refractivity contribution < 1.29 is 24.2 Å². The van der Waals surface area contributed by atoms with Gasteiger partial charge in [0, 0.05) is 49.8 Å². The van der Waals surface area contributed by atoms with Gasteiger partial charge in [0.1, 0.15) is 6.33 Å². The van der Waals surface area contributed by atoms with Crippen molar-refractivity contribution in [2.75, 3.05) is 39.1 Å². The van der Waals surface area contributed by atoms with Crippen LogP contribution < -0.4 is 5.32 Å². The first kappa shape index (κ1) is 33.6. The van der Waals surface area contributed by atoms with Crippen molar-refractivity contribution in [2.24, 2.45) is 24.8 Å². The number of rotatable bonds is 14. The highest BCUT2D eigenvalue weighted by Gasteiger charge is 2.34. The van der Waals surface area contributed by atoms with Gasteiger partial charge in [-0.05, 0) is 48.8 Å². The third-order valence-electron chi connectivity index (χ3n) is 8.66. The molecule has 12 heteroatoms. The summed E-state index contributed by atoms with van der Waals surface area (Å²) in [6.07, 6.45) is 9.30. The molecule has 1 saturated heterocycles. The van der Waals surface area contributed by atoms with Gasteiger partial charge in [-0.3, -0.25) is 4.79 Å². The Morgan fingerprint density at radius 3 is 2.74 bits per heavy atom. The second-order valence-electron chi connectivity index (χ2n) is 11.8. The third kappa shape index (κ3) is 10.4. The second kappa shape index (κ2) is 17.2. The van der Waals surface area contributed by atoms with E-state index in [0.29, 0.717) is 49.4 Å². The fourth-order valence-corrected chi connectivity index (χ4v) is 7.51. The van der Waals surface area contributed by atoms with Crippen LogP contribution in [0.3, 0.4) is 0 Å². The van der Waals surface area contributed by atoms with Gasteiger partial charge in [0.25, 0.3) is 0 Å². The number of methoxy groups -OCH3 is 1. The molecule has 0 bridgehead atoms. The Morgan fingerprint density at radius 2 is 2.02 bits per heavy atom. The summed E-state index contributed by atoms with van der Waals surface area (Å²) in [7, 11) is 3.22. The lowest BCUT2D eigenvalue weighted by Crippen LogP contribution is -2.44. The molecule has 43 heavy (non-hydrogen) atoms. The minimum Gasteiger partial charge on any atom is -0.453 e. The first-order valence-corrected chi connectivity index (χ1v) is 16.8. The number of hydrogen-bond donors (Lipinski definition) is 2. The normalized spacial score (nSPS) is 19.9. The van der Waals surface area contributed by atoms with Crippen molar-refractivity contribution >= 4 is 35.4 Å². The van der Waals surface area contributed by atoms with Crippen LogP contribution in [0.1, 0.15) is 69.5 Å². The molecule has 0 spiro atoms. The molecular formula is C31H46ClN5O5S. The largest absolute Gasteiger partial charge is 0.453 e. The summed E-state index contributed by atoms with van der Waals surface area (Å²) in [5.41, 5.74) is 0.955. The summed E-state index contributed by atoms with van der Waals surface area (Å²) >= 11 is 7.82. The molecule has 238 valence electrons. The number of thioether (sulfide) groups is 1. The number of nitrogens with zero attached hydrogens (tertiary/aromatic N) is 4. The lowest BCUT2D eigenvalue weighted by atomic mass is 9.80. The number of ether oxygens (including phenoxy) is 2. The van der Waals surface area contributed by atoms with E-state index in [1.165, 1.54) is 51.0 Å². The smallest absolute Gasteiger partial charge is 0.406 e. The number of nitrogens with one attached hydrogen (secondary N) is 1. The summed E-state index contributed by atoms with van der Waals surface area (Å²) in [6, 6.07) is 7.64. The Bertz CT molecular complexity index is 1160. The third-order valence-corrected chi connectivity index (χ3v) is 10.0. The summed E-state index contributed by atoms with van der Waals surface area (Å²) in [5.74, 6) is 1.08. The summed E-state index contributed by atoms with van der Waals surface area (Å²) in [4.78, 5) is 27.3. The van der Waals surface area contributed by atoms with E-state index in [1.54, 1.807) is 6.33 Å². The van der Waals surface area contributed by atoms with Gasteiger partial charge in [-0.1, -0.05) is 67.6 Å². The molecule has 1 aliphatic carbocycles. The average Bonchev–Trinajstić information content (AvgIpc) is 3.44. The van der Waals surface area contributed by atoms with Gasteiger partial charge in [0.15, 0.2) is 5.16 Å². The Balaban J connectivity index is 1.41. The minimum atomic E-state index is -0.613. The highest BCUT2D eigenvalue weighted by molar-refractivity contribution is 7.99. The van der Waals surface area contributed by atoms with E-state index in [4.69, 9.17) is 16.3 Å². The van der Waals surface area contributed by atoms with E-state index in [-0.39, 0.29) is 23.8 Å². The first-order chi connectivity index (χ1) is 20.8. The van der Waals surface area contributed by atoms with Crippen LogP contribution in [0, 0.1) is 17.8 Å². The van der Waals surface area contributed by atoms with E-state index in [9.17, 15) is 14.7 Å². The van der Waals surface area contributed by atoms with Gasteiger partial charge in [0.2, 0.25) is 5.91 Å². The molecule has 2 heterocycles. The van der Waals surface area contributed by atoms with E-state index >= 15 is 0 Å². The molecule has 2 N–H and O–H groups in total. The van der Waals surface area contributed by atoms with Crippen LogP contribution in [0.4, 0.5) is 4.79 Å². The lowest BCUT2D eigenvalue weighted by molar-refractivity contribution is -0.136. The predicted octanol–water partition coefficient (Wildman–Crippen LogP) is 5.25. The van der Waals surface area contributed by atoms with Crippen molar-refractivity contribution in [3.63, 3.8) is 0 Å². The van der Waals surface area contributed by atoms with Gasteiger partial charge >= 0.3 is 6.09 Å². The number of alkyl carbamates (subject to hydrolysis) is 1. The van der Waals surface area contributed by atoms with Crippen molar-refractivity contribution in [3.8, 4) is 0 Å². The van der Waals surface area contributed by atoms with Gasteiger partial charge < -0.3 is 29.4 Å². The maximum absolute atomic E-state index is 13.8. The molecule has 2 amide bonds. The lowest BCUT2D eigenvalue weighted by Gasteiger charge is -2.38. The van der Waals surface area contributed by atoms with Gasteiger partial charge in [0.05, 0.1) is 25.9 Å². The number of benzene rings is 1. The number of halogens is 1. The van der Waals surface area contributed by atoms with Crippen LogP contribution in [0.25, 0.3) is 0 Å². The van der Waals surface area contributed by atoms with Crippen LogP contribution in [0.5, 0.6) is 0 Å². The number of carbonyl (C=O) groups excluding carboxylic acids is 2. The zero-order valence-corrected chi connectivity index (χ0v) is 26.9. The Labute approximate surface area is 264 Å². The Morgan fingerprint density at radius 1 is 1.21 bits per heavy atom. The number of aliphatic hydroxyl groups excluding tert-OH is 1. The van der Waals surface area contributed by atoms with Crippen LogP contribution in [-0.2, 0) is 21.3 Å². The Hall–Kier alpha value is -2.34. The Kier molecular flexibility index (Phi) is 13.4. The fourth-order valence-electron chi connectivity index (χ4n) is 6.36. The van der Waals surface area contributed by atoms with E-state index in [1.807, 2.05) is 40.8 Å². The van der Waals surface area contributed by atoms with Crippen molar-refractivity contribution in [3.05, 3.63) is 41.2 Å². The molecule has 1 aromatic heterocycles. The van der Waals surface area contributed by atoms with Gasteiger partial charge in [-0.25, -0.2) is 4.79 Å². The number of amides is 2. The van der Waals surface area contributed by atoms with Crippen molar-refractivity contribution in [1.29, 1.82) is 0 Å². The first-order valence-electron chi connectivity index (χ1n) is 15.5. The summed E-state index contributed by atoms with van der Waals surface area (Å²) in [5, 5.41) is 23.5. The highest BCUT2D eigenvalue weighted by atomic mass is 35.5. The second-order valence-corrected chi connectivity index (χ2v) is 13.2. The number of aromatic nitrogens is 3. The van der Waals surface area contributed by atoms with Crippen LogP contribution in [0.2, 0.25) is 5.02 Å². The molecule has 0 unspecified atom stereocenters. The van der Waals surface area contributed by atoms with Crippen molar-refractivity contribution in [1.82, 2.24) is 25.0 Å². The molecule has 1 aromatic carbocycles. The zero-order chi connectivity index (χ0) is 30.6. The molecule has 4 atom stereocenters. The summed E-state index contributed by atoms with van der Waals surface area (Å²) < 4.78 is 12.8. The molecule has 10 nitrogen and oxygen atoms in total. The average molecular weight is 636 g/mol. The topological polar surface area (TPSA) is 119 Å². The summed E-state index contributed by atoms with van der Waals surface area (Å²) in [6.45, 7) is 1.88. The van der Waals surface area contributed by atoms with Crippen LogP contribution in [-0.4, -0.2) is 82.0 Å². The standard InChI is InChI=1S/C31H46ClN5O5S/c1-36-21-34-35-30(36)43-20-27(38)25(16-22-8-4-3-5-9-22)18-28(39)37-14-7-11-24(19-37)29(23-10-6-12-26(32)17-23)42-15-13-33-31(40)41-2/h6,10,12,17,21-22,24-25,27,29,38H,3-5,7-9,11,13-16,18-20H2,1-2H3,(H,33,40)/t24-,25-,27+,29+/m1/s1. The monoisotopic (exact) mass is 635 g/mol. The molecule has 2 fully saturated rings. The maximum atomic E-state index is 13.8. The molecule has 1 saturated carbocycles. The van der Waals surface area contributed by atoms with Gasteiger partial charge in [-0.2, -0.15) is 0 Å². The minimum absolute atomic E-state index is 0.0717. The van der Waals surface area contributed by atoms with Crippen LogP contribution >= 0.6 is 23.4 Å². The molecule has 2 aromatic rings. The molecule has 1 aliphatic heterocycles. The zero-order valence-electron chi connectivity index (χ0n) is 25.3. The predicted molar refractivity (Wildman–Crippen MR) is 167 cm³/mol. The van der Waals surface area contributed by atoms with E-state index in [0.717, 1.165) is 30.0 Å². The maximum Gasteiger partial charge on any atom is 0.406 e. The fraction of sp³-hybridized carbons (Fsp3) is 0.677. The highest BCUT2D eigenvalue weighted by Crippen LogP contribution is 2.36. The molecular weight excluding hydrogens is 590 g/mol. The quantitative estimate of drug-likeness (QED) is 0.213. The SMILES string of the molecule is COC(=O)NCCO[C@@H](c1cccc(Cl)c1)[C@@H]1CCCN(C(=O)C[C@@H](CC2CCCCC2)[C@@H](O)CSc2nncn2C)C1.